The number of hydrogen-bond acceptors (Lipinski definition) is 3. The van der Waals surface area contributed by atoms with Gasteiger partial charge >= 0.3 is 0 Å². The molecule has 112 valence electrons. The Labute approximate surface area is 130 Å². The molecule has 20 heavy (non-hydrogen) atoms. The van der Waals surface area contributed by atoms with Crippen molar-refractivity contribution in [2.24, 2.45) is 11.3 Å². The van der Waals surface area contributed by atoms with E-state index in [0.29, 0.717) is 5.92 Å². The molecule has 1 aliphatic heterocycles. The molecule has 2 heterocycles. The Morgan fingerprint density at radius 2 is 2.40 bits per heavy atom. The van der Waals surface area contributed by atoms with Crippen molar-refractivity contribution in [1.29, 1.82) is 0 Å². The molecule has 5 heteroatoms. The zero-order valence-corrected chi connectivity index (χ0v) is 13.3. The van der Waals surface area contributed by atoms with Crippen LogP contribution in [0.1, 0.15) is 31.2 Å². The highest BCUT2D eigenvalue weighted by Crippen LogP contribution is 2.43. The second kappa shape index (κ2) is 6.92. The first-order chi connectivity index (χ1) is 9.31. The highest BCUT2D eigenvalue weighted by molar-refractivity contribution is 7.07. The lowest BCUT2D eigenvalue weighted by molar-refractivity contribution is -0.133. The van der Waals surface area contributed by atoms with E-state index in [-0.39, 0.29) is 23.7 Å². The summed E-state index contributed by atoms with van der Waals surface area (Å²) < 4.78 is 0. The van der Waals surface area contributed by atoms with Crippen LogP contribution in [0, 0.1) is 11.3 Å². The Morgan fingerprint density at radius 1 is 1.50 bits per heavy atom. The molecule has 0 unspecified atom stereocenters. The van der Waals surface area contributed by atoms with Crippen molar-refractivity contribution in [2.45, 2.75) is 32.1 Å². The molecule has 1 saturated carbocycles. The third kappa shape index (κ3) is 3.02. The van der Waals surface area contributed by atoms with E-state index < -0.39 is 0 Å². The average Bonchev–Trinajstić information content (AvgIpc) is 3.08. The number of halogens is 1. The second-order valence-corrected chi connectivity index (χ2v) is 6.65. The van der Waals surface area contributed by atoms with Crippen LogP contribution in [-0.4, -0.2) is 25.5 Å². The average molecular weight is 315 g/mol. The smallest absolute Gasteiger partial charge is 0.227 e. The maximum absolute atomic E-state index is 12.6. The fourth-order valence-electron chi connectivity index (χ4n) is 3.62. The van der Waals surface area contributed by atoms with E-state index in [4.69, 9.17) is 0 Å². The molecular formula is C15H23ClN2OS. The van der Waals surface area contributed by atoms with Crippen molar-refractivity contribution in [2.75, 3.05) is 19.6 Å². The van der Waals surface area contributed by atoms with Gasteiger partial charge in [0.1, 0.15) is 0 Å². The summed E-state index contributed by atoms with van der Waals surface area (Å²) in [6.07, 6.45) is 5.72. The van der Waals surface area contributed by atoms with E-state index in [1.54, 1.807) is 11.3 Å². The molecule has 0 aromatic carbocycles. The van der Waals surface area contributed by atoms with Crippen LogP contribution in [0.4, 0.5) is 0 Å². The lowest BCUT2D eigenvalue weighted by atomic mass is 9.67. The Balaban J connectivity index is 0.00000147. The van der Waals surface area contributed by atoms with Gasteiger partial charge in [-0.15, -0.1) is 12.4 Å². The van der Waals surface area contributed by atoms with Gasteiger partial charge < -0.3 is 10.6 Å². The van der Waals surface area contributed by atoms with Gasteiger partial charge in [0.05, 0.1) is 5.41 Å². The summed E-state index contributed by atoms with van der Waals surface area (Å²) in [5.74, 6) is 0.847. The molecule has 0 bridgehead atoms. The first kappa shape index (κ1) is 15.8. The summed E-state index contributed by atoms with van der Waals surface area (Å²) in [6.45, 7) is 2.67. The molecule has 2 aliphatic rings. The summed E-state index contributed by atoms with van der Waals surface area (Å²) in [4.78, 5) is 12.6. The van der Waals surface area contributed by atoms with E-state index in [9.17, 15) is 4.79 Å². The largest absolute Gasteiger partial charge is 0.355 e. The van der Waals surface area contributed by atoms with Gasteiger partial charge in [-0.25, -0.2) is 0 Å². The maximum Gasteiger partial charge on any atom is 0.227 e. The van der Waals surface area contributed by atoms with Gasteiger partial charge in [-0.1, -0.05) is 12.8 Å². The minimum absolute atomic E-state index is 0. The van der Waals surface area contributed by atoms with Crippen molar-refractivity contribution < 1.29 is 4.79 Å². The molecule has 1 saturated heterocycles. The monoisotopic (exact) mass is 314 g/mol. The van der Waals surface area contributed by atoms with Gasteiger partial charge in [-0.2, -0.15) is 11.3 Å². The van der Waals surface area contributed by atoms with Crippen LogP contribution in [-0.2, 0) is 11.2 Å². The van der Waals surface area contributed by atoms with E-state index in [1.165, 1.54) is 24.8 Å². The number of amides is 1. The van der Waals surface area contributed by atoms with Crippen LogP contribution in [0.3, 0.4) is 0 Å². The van der Waals surface area contributed by atoms with Gasteiger partial charge in [0.15, 0.2) is 0 Å². The van der Waals surface area contributed by atoms with Gasteiger partial charge in [-0.05, 0) is 54.1 Å². The third-order valence-corrected chi connectivity index (χ3v) is 5.50. The van der Waals surface area contributed by atoms with Gasteiger partial charge in [-0.3, -0.25) is 4.79 Å². The zero-order chi connectivity index (χ0) is 13.1. The van der Waals surface area contributed by atoms with E-state index >= 15 is 0 Å². The third-order valence-electron chi connectivity index (χ3n) is 4.77. The molecule has 3 rings (SSSR count). The fraction of sp³-hybridized carbons (Fsp3) is 0.667. The number of rotatable bonds is 4. The number of hydrogen-bond donors (Lipinski definition) is 2. The number of nitrogens with one attached hydrogen (secondary N) is 2. The minimum Gasteiger partial charge on any atom is -0.355 e. The number of thiophene rings is 1. The summed E-state index contributed by atoms with van der Waals surface area (Å²) in [7, 11) is 0. The van der Waals surface area contributed by atoms with Crippen LogP contribution in [0.15, 0.2) is 16.8 Å². The molecule has 0 radical (unpaired) electrons. The Kier molecular flexibility index (Phi) is 5.47. The molecule has 2 N–H and O–H groups in total. The minimum atomic E-state index is -0.104. The maximum atomic E-state index is 12.6. The normalized spacial score (nSPS) is 28.5. The molecular weight excluding hydrogens is 292 g/mol. The van der Waals surface area contributed by atoms with Crippen LogP contribution < -0.4 is 10.6 Å². The standard InChI is InChI=1S/C15H22N2OS.ClH/c18-14(17-7-4-12-5-8-19-10-12)15-6-2-1-3-13(15)9-16-11-15;/h5,8,10,13,16H,1-4,6-7,9,11H2,(H,17,18);1H/t13-,15+;/m0./s1. The molecule has 1 amide bonds. The molecule has 0 spiro atoms. The summed E-state index contributed by atoms with van der Waals surface area (Å²) in [6, 6.07) is 2.13. The quantitative estimate of drug-likeness (QED) is 0.897. The Morgan fingerprint density at radius 3 is 3.20 bits per heavy atom. The number of carbonyl (C=O) groups excluding carboxylic acids is 1. The zero-order valence-electron chi connectivity index (χ0n) is 11.7. The highest BCUT2D eigenvalue weighted by atomic mass is 35.5. The number of carbonyl (C=O) groups is 1. The van der Waals surface area contributed by atoms with E-state index in [1.807, 2.05) is 0 Å². The topological polar surface area (TPSA) is 41.1 Å². The van der Waals surface area contributed by atoms with Crippen molar-refractivity contribution >= 4 is 29.7 Å². The molecule has 1 aliphatic carbocycles. The highest BCUT2D eigenvalue weighted by Gasteiger charge is 2.49. The molecule has 1 aromatic rings. The summed E-state index contributed by atoms with van der Waals surface area (Å²) >= 11 is 1.72. The van der Waals surface area contributed by atoms with E-state index in [2.05, 4.69) is 27.5 Å². The van der Waals surface area contributed by atoms with Crippen molar-refractivity contribution in [1.82, 2.24) is 10.6 Å². The lowest BCUT2D eigenvalue weighted by Crippen LogP contribution is -2.48. The van der Waals surface area contributed by atoms with Gasteiger partial charge in [0.2, 0.25) is 5.91 Å². The number of fused-ring (bicyclic) bond motifs is 1. The Bertz CT molecular complexity index is 437. The fourth-order valence-corrected chi connectivity index (χ4v) is 4.32. The SMILES string of the molecule is Cl.O=C(NCCc1ccsc1)[C@@]12CCCC[C@H]1CNC2. The van der Waals surface area contributed by atoms with Crippen molar-refractivity contribution in [3.63, 3.8) is 0 Å². The molecule has 3 nitrogen and oxygen atoms in total. The Hall–Kier alpha value is -0.580. The predicted molar refractivity (Wildman–Crippen MR) is 85.5 cm³/mol. The molecule has 2 fully saturated rings. The molecule has 2 atom stereocenters. The second-order valence-electron chi connectivity index (χ2n) is 5.87. The van der Waals surface area contributed by atoms with Crippen LogP contribution in [0.25, 0.3) is 0 Å². The first-order valence-corrected chi connectivity index (χ1v) is 8.26. The van der Waals surface area contributed by atoms with Gasteiger partial charge in [0.25, 0.3) is 0 Å². The van der Waals surface area contributed by atoms with E-state index in [0.717, 1.165) is 32.5 Å². The van der Waals surface area contributed by atoms with Gasteiger partial charge in [0, 0.05) is 13.1 Å². The predicted octanol–water partition coefficient (Wildman–Crippen LogP) is 2.61. The van der Waals surface area contributed by atoms with Crippen LogP contribution in [0.5, 0.6) is 0 Å². The van der Waals surface area contributed by atoms with Crippen LogP contribution in [0.2, 0.25) is 0 Å². The first-order valence-electron chi connectivity index (χ1n) is 7.31. The van der Waals surface area contributed by atoms with Crippen molar-refractivity contribution in [3.05, 3.63) is 22.4 Å². The summed E-state index contributed by atoms with van der Waals surface area (Å²) in [5, 5.41) is 10.9. The molecule has 1 aromatic heterocycles. The lowest BCUT2D eigenvalue weighted by Gasteiger charge is -2.37. The van der Waals surface area contributed by atoms with Crippen molar-refractivity contribution in [3.8, 4) is 0 Å². The summed E-state index contributed by atoms with van der Waals surface area (Å²) in [5.41, 5.74) is 1.22. The van der Waals surface area contributed by atoms with Crippen LogP contribution >= 0.6 is 23.7 Å².